The first-order chi connectivity index (χ1) is 13.4. The molecule has 144 valence electrons. The first kappa shape index (κ1) is 19.1. The first-order valence-corrected chi connectivity index (χ1v) is 8.47. The van der Waals surface area contributed by atoms with Gasteiger partial charge in [0, 0.05) is 30.7 Å². The number of carboxylic acid groups (broad SMARTS) is 1. The van der Waals surface area contributed by atoms with E-state index in [0.717, 1.165) is 4.90 Å². The summed E-state index contributed by atoms with van der Waals surface area (Å²) in [6.45, 7) is -0.243. The number of ketones is 1. The number of ether oxygens (including phenoxy) is 1. The number of carbonyl (C=O) groups excluding carboxylic acids is 3. The molecule has 0 radical (unpaired) electrons. The summed E-state index contributed by atoms with van der Waals surface area (Å²) >= 11 is 0. The number of aliphatic carboxylic acids is 1. The number of hydrogen-bond acceptors (Lipinski definition) is 7. The van der Waals surface area contributed by atoms with Crippen LogP contribution in [0.1, 0.15) is 23.7 Å². The number of benzene rings is 1. The van der Waals surface area contributed by atoms with Gasteiger partial charge >= 0.3 is 0 Å². The smallest absolute Gasteiger partial charge is 0.295 e. The average molecular weight is 381 g/mol. The second kappa shape index (κ2) is 7.91. The van der Waals surface area contributed by atoms with Crippen molar-refractivity contribution in [2.75, 3.05) is 13.7 Å². The fourth-order valence-electron chi connectivity index (χ4n) is 3.07. The number of aromatic nitrogens is 1. The minimum atomic E-state index is -1.35. The summed E-state index contributed by atoms with van der Waals surface area (Å²) in [4.78, 5) is 41.3. The SMILES string of the molecule is COc1ccc(C(O)=C2C(=O)C(=O)N(CCC(=O)[O-])[C@@H]2c2ccccn2)cc1. The molecule has 1 fully saturated rings. The maximum atomic E-state index is 12.7. The fourth-order valence-corrected chi connectivity index (χ4v) is 3.07. The molecule has 0 unspecified atom stereocenters. The quantitative estimate of drug-likeness (QED) is 0.443. The maximum absolute atomic E-state index is 12.7. The molecule has 0 aliphatic carbocycles. The van der Waals surface area contributed by atoms with Crippen molar-refractivity contribution in [3.63, 3.8) is 0 Å². The molecule has 2 aromatic rings. The Morgan fingerprint density at radius 2 is 1.93 bits per heavy atom. The number of methoxy groups -OCH3 is 1. The second-order valence-electron chi connectivity index (χ2n) is 6.10. The number of Topliss-reactive ketones (excluding diaryl/α,β-unsaturated/α-hetero) is 1. The van der Waals surface area contributed by atoms with Gasteiger partial charge in [0.2, 0.25) is 0 Å². The molecule has 1 atom stereocenters. The number of carboxylic acids is 1. The van der Waals surface area contributed by atoms with E-state index in [0.29, 0.717) is 17.0 Å². The second-order valence-corrected chi connectivity index (χ2v) is 6.10. The van der Waals surface area contributed by atoms with Crippen LogP contribution < -0.4 is 9.84 Å². The molecule has 1 amide bonds. The summed E-state index contributed by atoms with van der Waals surface area (Å²) < 4.78 is 5.08. The lowest BCUT2D eigenvalue weighted by molar-refractivity contribution is -0.305. The number of aliphatic hydroxyl groups is 1. The van der Waals surface area contributed by atoms with Gasteiger partial charge in [0.1, 0.15) is 17.6 Å². The van der Waals surface area contributed by atoms with Crippen LogP contribution in [0.15, 0.2) is 54.2 Å². The summed E-state index contributed by atoms with van der Waals surface area (Å²) in [5, 5.41) is 21.6. The van der Waals surface area contributed by atoms with E-state index in [9.17, 15) is 24.6 Å². The van der Waals surface area contributed by atoms with Crippen molar-refractivity contribution in [2.45, 2.75) is 12.5 Å². The van der Waals surface area contributed by atoms with Crippen LogP contribution >= 0.6 is 0 Å². The predicted octanol–water partition coefficient (Wildman–Crippen LogP) is 0.652. The summed E-state index contributed by atoms with van der Waals surface area (Å²) in [6, 6.07) is 10.3. The monoisotopic (exact) mass is 381 g/mol. The lowest BCUT2D eigenvalue weighted by Crippen LogP contribution is -2.35. The Hall–Kier alpha value is -3.68. The molecule has 1 aromatic heterocycles. The van der Waals surface area contributed by atoms with E-state index in [1.165, 1.54) is 13.3 Å². The van der Waals surface area contributed by atoms with Crippen LogP contribution in [-0.4, -0.2) is 46.3 Å². The largest absolute Gasteiger partial charge is 0.550 e. The first-order valence-electron chi connectivity index (χ1n) is 8.47. The Morgan fingerprint density at radius 3 is 2.50 bits per heavy atom. The minimum Gasteiger partial charge on any atom is -0.550 e. The Labute approximate surface area is 160 Å². The molecular weight excluding hydrogens is 364 g/mol. The van der Waals surface area contributed by atoms with Crippen molar-refractivity contribution in [3.05, 3.63) is 65.5 Å². The lowest BCUT2D eigenvalue weighted by atomic mass is 9.98. The molecule has 1 aromatic carbocycles. The third-order valence-corrected chi connectivity index (χ3v) is 4.43. The number of hydrogen-bond donors (Lipinski definition) is 1. The minimum absolute atomic E-state index is 0.146. The molecule has 0 bridgehead atoms. The van der Waals surface area contributed by atoms with Gasteiger partial charge in [-0.1, -0.05) is 6.07 Å². The summed E-state index contributed by atoms with van der Waals surface area (Å²) in [6.07, 6.45) is 1.04. The highest BCUT2D eigenvalue weighted by molar-refractivity contribution is 6.46. The van der Waals surface area contributed by atoms with Crippen LogP contribution in [0.3, 0.4) is 0 Å². The van der Waals surface area contributed by atoms with Crippen molar-refractivity contribution in [2.24, 2.45) is 0 Å². The van der Waals surface area contributed by atoms with E-state index in [1.807, 2.05) is 0 Å². The molecule has 8 heteroatoms. The molecule has 2 heterocycles. The molecular formula is C20H17N2O6-. The van der Waals surface area contributed by atoms with E-state index in [2.05, 4.69) is 4.98 Å². The third kappa shape index (κ3) is 3.57. The van der Waals surface area contributed by atoms with Crippen molar-refractivity contribution >= 4 is 23.4 Å². The van der Waals surface area contributed by atoms with E-state index >= 15 is 0 Å². The van der Waals surface area contributed by atoms with E-state index in [1.54, 1.807) is 42.5 Å². The van der Waals surface area contributed by atoms with Gasteiger partial charge in [0.25, 0.3) is 11.7 Å². The molecule has 1 aliphatic heterocycles. The zero-order valence-corrected chi connectivity index (χ0v) is 15.0. The number of likely N-dealkylation sites (tertiary alicyclic amines) is 1. The Bertz CT molecular complexity index is 937. The van der Waals surface area contributed by atoms with Gasteiger partial charge in [-0.15, -0.1) is 0 Å². The standard InChI is InChI=1S/C20H18N2O6/c1-28-13-7-5-12(6-8-13)18(25)16-17(14-4-2-3-10-21-14)22(11-9-15(23)24)20(27)19(16)26/h2-8,10,17,25H,9,11H2,1H3,(H,23,24)/p-1/t17-/m1/s1. The Balaban J connectivity index is 2.11. The van der Waals surface area contributed by atoms with Crippen LogP contribution in [0.4, 0.5) is 0 Å². The molecule has 1 aliphatic rings. The Kier molecular flexibility index (Phi) is 5.39. The number of pyridine rings is 1. The van der Waals surface area contributed by atoms with Crippen LogP contribution in [0.5, 0.6) is 5.75 Å². The lowest BCUT2D eigenvalue weighted by Gasteiger charge is -2.24. The maximum Gasteiger partial charge on any atom is 0.295 e. The van der Waals surface area contributed by atoms with Gasteiger partial charge in [-0.3, -0.25) is 14.6 Å². The highest BCUT2D eigenvalue weighted by atomic mass is 16.5. The molecule has 28 heavy (non-hydrogen) atoms. The normalized spacial score (nSPS) is 18.3. The average Bonchev–Trinajstić information content (AvgIpc) is 2.97. The van der Waals surface area contributed by atoms with Crippen LogP contribution in [0, 0.1) is 0 Å². The van der Waals surface area contributed by atoms with Crippen LogP contribution in [0.25, 0.3) is 5.76 Å². The molecule has 8 nitrogen and oxygen atoms in total. The summed E-state index contributed by atoms with van der Waals surface area (Å²) in [5.41, 5.74) is 0.516. The fraction of sp³-hybridized carbons (Fsp3) is 0.200. The van der Waals surface area contributed by atoms with Crippen molar-refractivity contribution in [1.29, 1.82) is 0 Å². The van der Waals surface area contributed by atoms with Crippen molar-refractivity contribution in [3.8, 4) is 5.75 Å². The van der Waals surface area contributed by atoms with E-state index in [4.69, 9.17) is 4.74 Å². The van der Waals surface area contributed by atoms with Crippen LogP contribution in [0.2, 0.25) is 0 Å². The highest BCUT2D eigenvalue weighted by Gasteiger charge is 2.46. The molecule has 1 N–H and O–H groups in total. The molecule has 0 saturated carbocycles. The number of nitrogens with zero attached hydrogens (tertiary/aromatic N) is 2. The van der Waals surface area contributed by atoms with Gasteiger partial charge in [-0.05, 0) is 36.4 Å². The summed E-state index contributed by atoms with van der Waals surface area (Å²) in [7, 11) is 1.50. The third-order valence-electron chi connectivity index (χ3n) is 4.43. The van der Waals surface area contributed by atoms with Gasteiger partial charge in [0.05, 0.1) is 18.4 Å². The van der Waals surface area contributed by atoms with Gasteiger partial charge in [-0.25, -0.2) is 0 Å². The zero-order chi connectivity index (χ0) is 20.3. The molecule has 1 saturated heterocycles. The molecule has 0 spiro atoms. The number of amides is 1. The Morgan fingerprint density at radius 1 is 1.21 bits per heavy atom. The number of carbonyl (C=O) groups is 3. The van der Waals surface area contributed by atoms with E-state index < -0.39 is 30.1 Å². The van der Waals surface area contributed by atoms with Crippen molar-refractivity contribution in [1.82, 2.24) is 9.88 Å². The number of aliphatic hydroxyl groups excluding tert-OH is 1. The molecule has 3 rings (SSSR count). The van der Waals surface area contributed by atoms with Gasteiger partial charge in [0.15, 0.2) is 0 Å². The van der Waals surface area contributed by atoms with Gasteiger partial charge in [-0.2, -0.15) is 0 Å². The zero-order valence-electron chi connectivity index (χ0n) is 15.0. The van der Waals surface area contributed by atoms with E-state index in [-0.39, 0.29) is 17.9 Å². The van der Waals surface area contributed by atoms with Crippen molar-refractivity contribution < 1.29 is 29.3 Å². The summed E-state index contributed by atoms with van der Waals surface area (Å²) in [5.74, 6) is -2.95. The number of rotatable bonds is 6. The highest BCUT2D eigenvalue weighted by Crippen LogP contribution is 2.38. The predicted molar refractivity (Wildman–Crippen MR) is 95.9 cm³/mol. The van der Waals surface area contributed by atoms with Crippen LogP contribution in [-0.2, 0) is 14.4 Å². The van der Waals surface area contributed by atoms with Gasteiger partial charge < -0.3 is 24.6 Å². The topological polar surface area (TPSA) is 120 Å².